The van der Waals surface area contributed by atoms with E-state index in [0.717, 1.165) is 32.1 Å². The maximum atomic E-state index is 12.7. The first-order valence-electron chi connectivity index (χ1n) is 12.4. The van der Waals surface area contributed by atoms with E-state index in [1.807, 2.05) is 24.3 Å². The highest BCUT2D eigenvalue weighted by Crippen LogP contribution is 2.65. The van der Waals surface area contributed by atoms with E-state index in [1.165, 1.54) is 30.4 Å². The molecule has 3 nitrogen and oxygen atoms in total. The normalized spacial score (nSPS) is 39.2. The lowest BCUT2D eigenvalue weighted by atomic mass is 9.47. The Hall–Kier alpha value is -1.90. The van der Waals surface area contributed by atoms with Crippen LogP contribution in [0, 0.1) is 28.6 Å². The number of carbonyl (C=O) groups is 2. The van der Waals surface area contributed by atoms with Crippen molar-refractivity contribution >= 4 is 11.8 Å². The van der Waals surface area contributed by atoms with Crippen LogP contribution in [0.25, 0.3) is 0 Å². The summed E-state index contributed by atoms with van der Waals surface area (Å²) in [5.41, 5.74) is 2.95. The predicted molar refractivity (Wildman–Crippen MR) is 121 cm³/mol. The molecule has 0 spiro atoms. The van der Waals surface area contributed by atoms with Crippen molar-refractivity contribution in [3.8, 4) is 0 Å². The summed E-state index contributed by atoms with van der Waals surface area (Å²) in [7, 11) is 0. The zero-order chi connectivity index (χ0) is 21.6. The third-order valence-corrected chi connectivity index (χ3v) is 9.61. The van der Waals surface area contributed by atoms with Crippen LogP contribution >= 0.6 is 0 Å². The lowest BCUT2D eigenvalue weighted by molar-refractivity contribution is -0.159. The zero-order valence-corrected chi connectivity index (χ0v) is 19.1. The van der Waals surface area contributed by atoms with E-state index in [0.29, 0.717) is 36.4 Å². The van der Waals surface area contributed by atoms with E-state index in [9.17, 15) is 9.59 Å². The maximum absolute atomic E-state index is 12.7. The summed E-state index contributed by atoms with van der Waals surface area (Å²) < 4.78 is 6.14. The summed E-state index contributed by atoms with van der Waals surface area (Å²) in [6, 6.07) is 10.2. The van der Waals surface area contributed by atoms with Crippen molar-refractivity contribution < 1.29 is 14.3 Å². The van der Waals surface area contributed by atoms with Crippen LogP contribution in [0.1, 0.15) is 77.2 Å². The van der Waals surface area contributed by atoms with Gasteiger partial charge in [0.2, 0.25) is 0 Å². The average Bonchev–Trinajstić information content (AvgIpc) is 3.10. The van der Waals surface area contributed by atoms with Gasteiger partial charge in [-0.3, -0.25) is 9.59 Å². The molecule has 0 radical (unpaired) electrons. The molecular formula is C28H36O3. The molecule has 4 aliphatic carbocycles. The van der Waals surface area contributed by atoms with Gasteiger partial charge in [0.05, 0.1) is 0 Å². The molecule has 3 saturated carbocycles. The van der Waals surface area contributed by atoms with Gasteiger partial charge < -0.3 is 4.74 Å². The Morgan fingerprint density at radius 2 is 1.81 bits per heavy atom. The molecule has 1 aromatic carbocycles. The topological polar surface area (TPSA) is 43.4 Å². The molecule has 0 aliphatic heterocycles. The zero-order valence-electron chi connectivity index (χ0n) is 19.1. The second-order valence-electron chi connectivity index (χ2n) is 11.1. The molecule has 31 heavy (non-hydrogen) atoms. The van der Waals surface area contributed by atoms with E-state index < -0.39 is 0 Å². The summed E-state index contributed by atoms with van der Waals surface area (Å²) >= 11 is 0. The van der Waals surface area contributed by atoms with Gasteiger partial charge in [0.1, 0.15) is 6.10 Å². The maximum Gasteiger partial charge on any atom is 0.306 e. The van der Waals surface area contributed by atoms with Gasteiger partial charge in [0, 0.05) is 18.3 Å². The first-order valence-corrected chi connectivity index (χ1v) is 12.4. The molecule has 0 heterocycles. The van der Waals surface area contributed by atoms with Crippen molar-refractivity contribution in [3.05, 3.63) is 47.5 Å². The number of hydrogen-bond acceptors (Lipinski definition) is 3. The molecular weight excluding hydrogens is 384 g/mol. The van der Waals surface area contributed by atoms with Gasteiger partial charge in [0.15, 0.2) is 5.78 Å². The van der Waals surface area contributed by atoms with Crippen molar-refractivity contribution in [1.82, 2.24) is 0 Å². The Morgan fingerprint density at radius 1 is 1.00 bits per heavy atom. The minimum atomic E-state index is -0.0375. The number of benzene rings is 1. The number of fused-ring (bicyclic) bond motifs is 5. The first-order chi connectivity index (χ1) is 14.9. The van der Waals surface area contributed by atoms with Crippen LogP contribution < -0.4 is 0 Å². The number of rotatable bonds is 4. The van der Waals surface area contributed by atoms with E-state index in [1.54, 1.807) is 0 Å². The van der Waals surface area contributed by atoms with Crippen LogP contribution in [-0.2, 0) is 20.7 Å². The van der Waals surface area contributed by atoms with Crippen molar-refractivity contribution in [3.63, 3.8) is 0 Å². The molecule has 3 heteroatoms. The molecule has 166 valence electrons. The summed E-state index contributed by atoms with van der Waals surface area (Å²) in [5, 5.41) is 0. The Kier molecular flexibility index (Phi) is 5.35. The predicted octanol–water partition coefficient (Wildman–Crippen LogP) is 6.06. The second kappa shape index (κ2) is 7.90. The number of ether oxygens (including phenoxy) is 1. The van der Waals surface area contributed by atoms with Crippen LogP contribution in [0.5, 0.6) is 0 Å². The highest BCUT2D eigenvalue weighted by Gasteiger charge is 2.59. The van der Waals surface area contributed by atoms with Gasteiger partial charge in [-0.2, -0.15) is 0 Å². The third-order valence-electron chi connectivity index (χ3n) is 9.61. The smallest absolute Gasteiger partial charge is 0.306 e. The number of carbonyl (C=O) groups excluding carboxylic acids is 2. The van der Waals surface area contributed by atoms with Gasteiger partial charge in [-0.25, -0.2) is 0 Å². The average molecular weight is 421 g/mol. The SMILES string of the molecule is C[C@@]12CC[C@@H]3[C@H](CCC4=CC(=O)CC[C@]43C)[C@@H]1CC[C@@H]2OC(=O)CCc1ccccc1. The number of ketones is 1. The monoisotopic (exact) mass is 420 g/mol. The largest absolute Gasteiger partial charge is 0.462 e. The summed E-state index contributed by atoms with van der Waals surface area (Å²) in [6.07, 6.45) is 11.8. The van der Waals surface area contributed by atoms with Crippen molar-refractivity contribution in [1.29, 1.82) is 0 Å². The Balaban J connectivity index is 1.26. The number of hydrogen-bond donors (Lipinski definition) is 0. The second-order valence-corrected chi connectivity index (χ2v) is 11.1. The molecule has 0 N–H and O–H groups in total. The van der Waals surface area contributed by atoms with Crippen molar-refractivity contribution in [2.45, 2.75) is 84.2 Å². The van der Waals surface area contributed by atoms with Gasteiger partial charge in [-0.1, -0.05) is 49.8 Å². The van der Waals surface area contributed by atoms with Crippen LogP contribution in [-0.4, -0.2) is 17.9 Å². The van der Waals surface area contributed by atoms with Crippen LogP contribution in [0.4, 0.5) is 0 Å². The fourth-order valence-electron chi connectivity index (χ4n) is 7.81. The molecule has 4 aliphatic rings. The lowest BCUT2D eigenvalue weighted by Crippen LogP contribution is -2.51. The summed E-state index contributed by atoms with van der Waals surface area (Å²) in [6.45, 7) is 4.83. The van der Waals surface area contributed by atoms with Gasteiger partial charge >= 0.3 is 5.97 Å². The van der Waals surface area contributed by atoms with Crippen LogP contribution in [0.3, 0.4) is 0 Å². The molecule has 0 saturated heterocycles. The molecule has 0 aromatic heterocycles. The van der Waals surface area contributed by atoms with E-state index in [4.69, 9.17) is 4.74 Å². The van der Waals surface area contributed by atoms with E-state index >= 15 is 0 Å². The number of esters is 1. The molecule has 5 rings (SSSR count). The molecule has 3 fully saturated rings. The molecule has 0 bridgehead atoms. The van der Waals surface area contributed by atoms with Gasteiger partial charge in [-0.05, 0) is 86.2 Å². The van der Waals surface area contributed by atoms with Gasteiger partial charge in [-0.15, -0.1) is 0 Å². The lowest BCUT2D eigenvalue weighted by Gasteiger charge is -2.57. The highest BCUT2D eigenvalue weighted by atomic mass is 16.5. The minimum absolute atomic E-state index is 0.0375. The number of allylic oxidation sites excluding steroid dienone is 1. The standard InChI is InChI=1S/C28H36O3/c1-27-16-14-21(29)18-20(27)9-10-22-23-11-12-25(28(23,2)17-15-24(22)27)31-26(30)13-8-19-6-4-3-5-7-19/h3-7,18,22-25H,8-17H2,1-2H3/t22-,23+,24-,25+,27-,28-/m1/s1. The quantitative estimate of drug-likeness (QED) is 0.556. The van der Waals surface area contributed by atoms with Crippen molar-refractivity contribution in [2.24, 2.45) is 28.6 Å². The Bertz CT molecular complexity index is 887. The van der Waals surface area contributed by atoms with Gasteiger partial charge in [0.25, 0.3) is 0 Å². The Labute approximate surface area is 186 Å². The van der Waals surface area contributed by atoms with Crippen molar-refractivity contribution in [2.75, 3.05) is 0 Å². The van der Waals surface area contributed by atoms with E-state index in [2.05, 4.69) is 26.0 Å². The molecule has 1 aromatic rings. The van der Waals surface area contributed by atoms with Crippen LogP contribution in [0.15, 0.2) is 42.0 Å². The first kappa shape index (κ1) is 21.0. The third kappa shape index (κ3) is 3.58. The van der Waals surface area contributed by atoms with E-state index in [-0.39, 0.29) is 22.9 Å². The molecule has 0 unspecified atom stereocenters. The molecule has 6 atom stereocenters. The summed E-state index contributed by atoms with van der Waals surface area (Å²) in [4.78, 5) is 24.7. The fraction of sp³-hybridized carbons (Fsp3) is 0.643. The minimum Gasteiger partial charge on any atom is -0.462 e. The fourth-order valence-corrected chi connectivity index (χ4v) is 7.81. The Morgan fingerprint density at radius 3 is 2.61 bits per heavy atom. The van der Waals surface area contributed by atoms with Crippen LogP contribution in [0.2, 0.25) is 0 Å². The number of aryl methyl sites for hydroxylation is 1. The highest BCUT2D eigenvalue weighted by molar-refractivity contribution is 5.91. The summed E-state index contributed by atoms with van der Waals surface area (Å²) in [5.74, 6) is 2.34. The molecule has 0 amide bonds.